The van der Waals surface area contributed by atoms with E-state index in [2.05, 4.69) is 15.3 Å². The van der Waals surface area contributed by atoms with E-state index in [1.165, 1.54) is 11.2 Å². The smallest absolute Gasteiger partial charge is 0.407 e. The first kappa shape index (κ1) is 21.5. The zero-order valence-electron chi connectivity index (χ0n) is 17.4. The summed E-state index contributed by atoms with van der Waals surface area (Å²) < 4.78 is 1.92. The number of likely N-dealkylation sites (tertiary alicyclic amines) is 1. The SMILES string of the molecule is O=C(O)N1CCC[C@@H](Nc2ncnc3c2nc(-c2ccccc2Cl)n3-c2ccc(Cl)cc2)C1. The van der Waals surface area contributed by atoms with Gasteiger partial charge in [0.05, 0.1) is 5.02 Å². The number of hydrogen-bond acceptors (Lipinski definition) is 5. The van der Waals surface area contributed by atoms with Crippen molar-refractivity contribution >= 4 is 46.3 Å². The Morgan fingerprint density at radius 1 is 1.09 bits per heavy atom. The molecule has 0 bridgehead atoms. The van der Waals surface area contributed by atoms with Crippen molar-refractivity contribution in [3.8, 4) is 17.1 Å². The number of aromatic nitrogens is 4. The fraction of sp³-hybridized carbons (Fsp3) is 0.217. The summed E-state index contributed by atoms with van der Waals surface area (Å²) in [4.78, 5) is 26.7. The lowest BCUT2D eigenvalue weighted by atomic mass is 10.1. The van der Waals surface area contributed by atoms with Crippen molar-refractivity contribution in [1.29, 1.82) is 0 Å². The lowest BCUT2D eigenvalue weighted by Gasteiger charge is -2.31. The number of carbonyl (C=O) groups is 1. The van der Waals surface area contributed by atoms with Crippen LogP contribution in [-0.4, -0.2) is 54.8 Å². The number of halogens is 2. The van der Waals surface area contributed by atoms with Gasteiger partial charge in [0.2, 0.25) is 0 Å². The molecule has 8 nitrogen and oxygen atoms in total. The van der Waals surface area contributed by atoms with Gasteiger partial charge in [-0.3, -0.25) is 4.57 Å². The van der Waals surface area contributed by atoms with Gasteiger partial charge in [0.15, 0.2) is 17.0 Å². The van der Waals surface area contributed by atoms with E-state index in [0.717, 1.165) is 24.1 Å². The van der Waals surface area contributed by atoms with Crippen molar-refractivity contribution in [1.82, 2.24) is 24.4 Å². The molecule has 1 saturated heterocycles. The second kappa shape index (κ2) is 8.88. The maximum Gasteiger partial charge on any atom is 0.407 e. The maximum atomic E-state index is 11.4. The van der Waals surface area contributed by atoms with Gasteiger partial charge in [-0.2, -0.15) is 0 Å². The third-order valence-corrected chi connectivity index (χ3v) is 6.26. The average molecular weight is 483 g/mol. The zero-order valence-corrected chi connectivity index (χ0v) is 19.0. The summed E-state index contributed by atoms with van der Waals surface area (Å²) in [5.41, 5.74) is 2.77. The molecule has 2 N–H and O–H groups in total. The summed E-state index contributed by atoms with van der Waals surface area (Å²) in [6.45, 7) is 0.921. The fourth-order valence-corrected chi connectivity index (χ4v) is 4.46. The highest BCUT2D eigenvalue weighted by Gasteiger charge is 2.25. The van der Waals surface area contributed by atoms with Gasteiger partial charge < -0.3 is 15.3 Å². The van der Waals surface area contributed by atoms with Crippen LogP contribution in [0.1, 0.15) is 12.8 Å². The minimum absolute atomic E-state index is 0.0719. The molecule has 10 heteroatoms. The molecule has 1 amide bonds. The van der Waals surface area contributed by atoms with Crippen LogP contribution in [0.3, 0.4) is 0 Å². The van der Waals surface area contributed by atoms with Crippen molar-refractivity contribution in [3.05, 3.63) is 64.9 Å². The number of fused-ring (bicyclic) bond motifs is 1. The Labute approximate surface area is 199 Å². The van der Waals surface area contributed by atoms with Gasteiger partial charge in [-0.25, -0.2) is 19.7 Å². The van der Waals surface area contributed by atoms with Crippen molar-refractivity contribution < 1.29 is 9.90 Å². The lowest BCUT2D eigenvalue weighted by Crippen LogP contribution is -2.44. The minimum atomic E-state index is -0.914. The van der Waals surface area contributed by atoms with Crippen LogP contribution >= 0.6 is 23.2 Å². The number of rotatable bonds is 4. The van der Waals surface area contributed by atoms with Crippen LogP contribution in [0.5, 0.6) is 0 Å². The molecule has 1 aliphatic heterocycles. The van der Waals surface area contributed by atoms with Crippen LogP contribution in [0.25, 0.3) is 28.2 Å². The second-order valence-electron chi connectivity index (χ2n) is 7.83. The van der Waals surface area contributed by atoms with Gasteiger partial charge in [-0.05, 0) is 49.2 Å². The first-order chi connectivity index (χ1) is 16.0. The minimum Gasteiger partial charge on any atom is -0.465 e. The van der Waals surface area contributed by atoms with Crippen LogP contribution in [-0.2, 0) is 0 Å². The molecule has 1 fully saturated rings. The molecule has 0 saturated carbocycles. The van der Waals surface area contributed by atoms with E-state index in [-0.39, 0.29) is 6.04 Å². The molecule has 0 unspecified atom stereocenters. The number of nitrogens with one attached hydrogen (secondary N) is 1. The quantitative estimate of drug-likeness (QED) is 0.407. The zero-order chi connectivity index (χ0) is 22.9. The van der Waals surface area contributed by atoms with Gasteiger partial charge in [-0.1, -0.05) is 35.3 Å². The molecule has 5 rings (SSSR count). The van der Waals surface area contributed by atoms with E-state index in [9.17, 15) is 9.90 Å². The van der Waals surface area contributed by atoms with Crippen LogP contribution in [0.4, 0.5) is 10.6 Å². The lowest BCUT2D eigenvalue weighted by molar-refractivity contribution is 0.133. The number of anilines is 1. The molecular formula is C23H20Cl2N6O2. The van der Waals surface area contributed by atoms with E-state index in [0.29, 0.717) is 45.9 Å². The Kier molecular flexibility index (Phi) is 5.78. The van der Waals surface area contributed by atoms with Gasteiger partial charge in [-0.15, -0.1) is 0 Å². The summed E-state index contributed by atoms with van der Waals surface area (Å²) in [6, 6.07) is 14.8. The van der Waals surface area contributed by atoms with E-state index in [1.807, 2.05) is 53.1 Å². The Balaban J connectivity index is 1.64. The Bertz CT molecular complexity index is 1320. The van der Waals surface area contributed by atoms with Crippen LogP contribution in [0.15, 0.2) is 54.9 Å². The Hall–Kier alpha value is -3.36. The van der Waals surface area contributed by atoms with Gasteiger partial charge >= 0.3 is 6.09 Å². The number of nitrogens with zero attached hydrogens (tertiary/aromatic N) is 5. The second-order valence-corrected chi connectivity index (χ2v) is 8.68. The van der Waals surface area contributed by atoms with Gasteiger partial charge in [0.25, 0.3) is 0 Å². The summed E-state index contributed by atoms with van der Waals surface area (Å²) in [7, 11) is 0. The van der Waals surface area contributed by atoms with Crippen molar-refractivity contribution in [3.63, 3.8) is 0 Å². The molecule has 4 aromatic rings. The van der Waals surface area contributed by atoms with Crippen molar-refractivity contribution in [2.75, 3.05) is 18.4 Å². The Morgan fingerprint density at radius 2 is 1.88 bits per heavy atom. The Morgan fingerprint density at radius 3 is 2.64 bits per heavy atom. The normalized spacial score (nSPS) is 16.2. The molecule has 0 aliphatic carbocycles. The first-order valence-corrected chi connectivity index (χ1v) is 11.3. The number of carboxylic acid groups (broad SMARTS) is 1. The van der Waals surface area contributed by atoms with Crippen LogP contribution in [0.2, 0.25) is 10.0 Å². The van der Waals surface area contributed by atoms with E-state index >= 15 is 0 Å². The number of amides is 1. The standard InChI is InChI=1S/C23H20Cl2N6O2/c24-14-7-9-16(10-8-14)31-21(17-5-1-2-6-18(17)25)29-19-20(26-13-27-22(19)31)28-15-4-3-11-30(12-15)23(32)33/h1-2,5-10,13,15H,3-4,11-12H2,(H,32,33)(H,26,27,28)/t15-/m1/s1. The predicted octanol–water partition coefficient (Wildman–Crippen LogP) is 5.34. The monoisotopic (exact) mass is 482 g/mol. The van der Waals surface area contributed by atoms with E-state index in [1.54, 1.807) is 0 Å². The third kappa shape index (κ3) is 4.19. The molecule has 0 radical (unpaired) electrons. The van der Waals surface area contributed by atoms with Crippen molar-refractivity contribution in [2.24, 2.45) is 0 Å². The maximum absolute atomic E-state index is 11.4. The van der Waals surface area contributed by atoms with E-state index in [4.69, 9.17) is 28.2 Å². The molecule has 0 spiro atoms. The predicted molar refractivity (Wildman–Crippen MR) is 128 cm³/mol. The molecule has 168 valence electrons. The molecule has 1 atom stereocenters. The van der Waals surface area contributed by atoms with E-state index < -0.39 is 6.09 Å². The molecule has 1 aliphatic rings. The molecular weight excluding hydrogens is 463 g/mol. The average Bonchev–Trinajstić information content (AvgIpc) is 3.20. The highest BCUT2D eigenvalue weighted by atomic mass is 35.5. The summed E-state index contributed by atoms with van der Waals surface area (Å²) >= 11 is 12.6. The van der Waals surface area contributed by atoms with Crippen LogP contribution in [0, 0.1) is 0 Å². The fourth-order valence-electron chi connectivity index (χ4n) is 4.12. The van der Waals surface area contributed by atoms with Crippen molar-refractivity contribution in [2.45, 2.75) is 18.9 Å². The topological polar surface area (TPSA) is 96.2 Å². The highest BCUT2D eigenvalue weighted by Crippen LogP contribution is 2.34. The van der Waals surface area contributed by atoms with Gasteiger partial charge in [0, 0.05) is 35.4 Å². The van der Waals surface area contributed by atoms with Gasteiger partial charge in [0.1, 0.15) is 12.2 Å². The summed E-state index contributed by atoms with van der Waals surface area (Å²) in [6.07, 6.45) is 2.18. The highest BCUT2D eigenvalue weighted by molar-refractivity contribution is 6.33. The summed E-state index contributed by atoms with van der Waals surface area (Å²) in [5.74, 6) is 1.18. The number of imidazole rings is 1. The molecule has 2 aromatic heterocycles. The first-order valence-electron chi connectivity index (χ1n) is 10.5. The molecule has 33 heavy (non-hydrogen) atoms. The third-order valence-electron chi connectivity index (χ3n) is 5.68. The largest absolute Gasteiger partial charge is 0.465 e. The number of benzene rings is 2. The number of piperidine rings is 1. The summed E-state index contributed by atoms with van der Waals surface area (Å²) in [5, 5.41) is 13.9. The number of hydrogen-bond donors (Lipinski definition) is 2. The molecule has 3 heterocycles. The van der Waals surface area contributed by atoms with Crippen LogP contribution < -0.4 is 5.32 Å². The molecule has 2 aromatic carbocycles.